The summed E-state index contributed by atoms with van der Waals surface area (Å²) in [6.45, 7) is 4.21. The van der Waals surface area contributed by atoms with Gasteiger partial charge in [0, 0.05) is 5.75 Å². The zero-order chi connectivity index (χ0) is 17.5. The fourth-order valence-electron chi connectivity index (χ4n) is 2.14. The summed E-state index contributed by atoms with van der Waals surface area (Å²) in [5.41, 5.74) is 2.53. The maximum Gasteiger partial charge on any atom is 0.244 e. The molecule has 3 nitrogen and oxygen atoms in total. The highest BCUT2D eigenvalue weighted by atomic mass is 32.2. The molecule has 1 aliphatic rings. The van der Waals surface area contributed by atoms with Gasteiger partial charge in [-0.05, 0) is 41.1 Å². The molecule has 0 fully saturated rings. The molecule has 126 valence electrons. The van der Waals surface area contributed by atoms with Crippen molar-refractivity contribution in [2.45, 2.75) is 6.61 Å². The van der Waals surface area contributed by atoms with Crippen LogP contribution >= 0.6 is 23.5 Å². The molecule has 0 amide bonds. The van der Waals surface area contributed by atoms with Gasteiger partial charge in [0.25, 0.3) is 0 Å². The third kappa shape index (κ3) is 5.11. The molecule has 1 heterocycles. The molecule has 5 heteroatoms. The summed E-state index contributed by atoms with van der Waals surface area (Å²) in [6.07, 6.45) is 3.60. The Hall–Kier alpha value is -2.24. The second-order valence-electron chi connectivity index (χ2n) is 5.24. The van der Waals surface area contributed by atoms with Gasteiger partial charge >= 0.3 is 0 Å². The number of hydrogen-bond acceptors (Lipinski definition) is 5. The minimum absolute atomic E-state index is 0.0176. The minimum Gasteiger partial charge on any atom is -0.489 e. The Morgan fingerprint density at radius 1 is 1.12 bits per heavy atom. The third-order valence-corrected chi connectivity index (χ3v) is 5.36. The zero-order valence-corrected chi connectivity index (χ0v) is 15.2. The molecule has 2 aromatic carbocycles. The molecule has 0 N–H and O–H groups in total. The van der Waals surface area contributed by atoms with Gasteiger partial charge in [-0.2, -0.15) is 0 Å². The van der Waals surface area contributed by atoms with E-state index < -0.39 is 0 Å². The van der Waals surface area contributed by atoms with Crippen molar-refractivity contribution in [2.24, 2.45) is 4.99 Å². The van der Waals surface area contributed by atoms with Crippen LogP contribution in [0.3, 0.4) is 0 Å². The van der Waals surface area contributed by atoms with Gasteiger partial charge in [-0.25, -0.2) is 4.99 Å². The van der Waals surface area contributed by atoms with E-state index in [-0.39, 0.29) is 5.12 Å². The van der Waals surface area contributed by atoms with E-state index in [9.17, 15) is 4.79 Å². The second-order valence-corrected chi connectivity index (χ2v) is 7.47. The van der Waals surface area contributed by atoms with Gasteiger partial charge in [-0.1, -0.05) is 60.3 Å². The molecule has 0 atom stereocenters. The lowest BCUT2D eigenvalue weighted by molar-refractivity contribution is -0.107. The topological polar surface area (TPSA) is 38.7 Å². The molecule has 0 aliphatic carbocycles. The van der Waals surface area contributed by atoms with E-state index in [2.05, 4.69) is 11.6 Å². The monoisotopic (exact) mass is 367 g/mol. The number of nitrogens with zero attached hydrogens (tertiary/aromatic N) is 1. The van der Waals surface area contributed by atoms with Crippen LogP contribution in [0.25, 0.3) is 6.08 Å². The molecule has 3 rings (SSSR count). The lowest BCUT2D eigenvalue weighted by Gasteiger charge is -2.06. The molecular formula is C20H17NO2S2. The number of benzene rings is 2. The molecule has 0 bridgehead atoms. The van der Waals surface area contributed by atoms with Crippen LogP contribution in [0.1, 0.15) is 11.1 Å². The summed E-state index contributed by atoms with van der Waals surface area (Å²) in [7, 11) is 0. The summed E-state index contributed by atoms with van der Waals surface area (Å²) in [6, 6.07) is 17.7. The van der Waals surface area contributed by atoms with Crippen LogP contribution in [0.4, 0.5) is 0 Å². The highest BCUT2D eigenvalue weighted by Crippen LogP contribution is 2.31. The summed E-state index contributed by atoms with van der Waals surface area (Å²) < 4.78 is 6.54. The average Bonchev–Trinajstić information content (AvgIpc) is 3.00. The Balaban J connectivity index is 1.63. The maximum absolute atomic E-state index is 12.0. The van der Waals surface area contributed by atoms with E-state index in [0.29, 0.717) is 12.3 Å². The lowest BCUT2D eigenvalue weighted by Crippen LogP contribution is -1.94. The molecule has 0 saturated heterocycles. The normalized spacial score (nSPS) is 15.3. The maximum atomic E-state index is 12.0. The van der Waals surface area contributed by atoms with Gasteiger partial charge in [0.15, 0.2) is 0 Å². The van der Waals surface area contributed by atoms with Crippen molar-refractivity contribution in [3.8, 4) is 5.75 Å². The number of carbonyl (C=O) groups excluding carboxylic acids is 1. The van der Waals surface area contributed by atoms with Crippen LogP contribution in [0.2, 0.25) is 0 Å². The Labute approximate surface area is 155 Å². The fourth-order valence-corrected chi connectivity index (χ4v) is 3.74. The summed E-state index contributed by atoms with van der Waals surface area (Å²) in [4.78, 5) is 16.4. The Bertz CT molecular complexity index is 811. The number of rotatable bonds is 6. The number of carbonyl (C=O) groups is 1. The van der Waals surface area contributed by atoms with Gasteiger partial charge < -0.3 is 4.74 Å². The average molecular weight is 367 g/mol. The van der Waals surface area contributed by atoms with E-state index in [4.69, 9.17) is 4.74 Å². The van der Waals surface area contributed by atoms with Crippen molar-refractivity contribution >= 4 is 39.1 Å². The first kappa shape index (κ1) is 17.6. The van der Waals surface area contributed by atoms with E-state index in [1.54, 1.807) is 12.2 Å². The minimum atomic E-state index is -0.0176. The number of ether oxygens (including phenoxy) is 1. The van der Waals surface area contributed by atoms with Crippen molar-refractivity contribution in [3.63, 3.8) is 0 Å². The largest absolute Gasteiger partial charge is 0.489 e. The Kier molecular flexibility index (Phi) is 6.14. The highest BCUT2D eigenvalue weighted by molar-refractivity contribution is 8.45. The first-order chi connectivity index (χ1) is 12.2. The first-order valence-corrected chi connectivity index (χ1v) is 9.58. The molecule has 1 aliphatic heterocycles. The van der Waals surface area contributed by atoms with Crippen molar-refractivity contribution < 1.29 is 9.53 Å². The lowest BCUT2D eigenvalue weighted by atomic mass is 10.2. The fraction of sp³-hybridized carbons (Fsp3) is 0.100. The van der Waals surface area contributed by atoms with Gasteiger partial charge in [0.2, 0.25) is 5.12 Å². The van der Waals surface area contributed by atoms with Crippen molar-refractivity contribution in [1.82, 2.24) is 0 Å². The molecule has 0 spiro atoms. The zero-order valence-electron chi connectivity index (χ0n) is 13.6. The molecular weight excluding hydrogens is 350 g/mol. The van der Waals surface area contributed by atoms with Crippen molar-refractivity contribution in [3.05, 3.63) is 84.1 Å². The van der Waals surface area contributed by atoms with Crippen LogP contribution in [0, 0.1) is 0 Å². The van der Waals surface area contributed by atoms with E-state index in [0.717, 1.165) is 27.0 Å². The van der Waals surface area contributed by atoms with Gasteiger partial charge in [-0.3, -0.25) is 4.79 Å². The molecule has 0 aromatic heterocycles. The van der Waals surface area contributed by atoms with Crippen LogP contribution < -0.4 is 4.74 Å². The predicted octanol–water partition coefficient (Wildman–Crippen LogP) is 5.16. The molecule has 0 saturated carbocycles. The van der Waals surface area contributed by atoms with Gasteiger partial charge in [-0.15, -0.1) is 6.58 Å². The Morgan fingerprint density at radius 2 is 1.88 bits per heavy atom. The van der Waals surface area contributed by atoms with Crippen LogP contribution in [-0.4, -0.2) is 15.2 Å². The first-order valence-electron chi connectivity index (χ1n) is 7.77. The molecule has 25 heavy (non-hydrogen) atoms. The van der Waals surface area contributed by atoms with Crippen LogP contribution in [-0.2, 0) is 11.4 Å². The quantitative estimate of drug-likeness (QED) is 0.522. The van der Waals surface area contributed by atoms with Crippen molar-refractivity contribution in [1.29, 1.82) is 0 Å². The second kappa shape index (κ2) is 8.74. The smallest absolute Gasteiger partial charge is 0.244 e. The van der Waals surface area contributed by atoms with Gasteiger partial charge in [0.05, 0.1) is 0 Å². The summed E-state index contributed by atoms with van der Waals surface area (Å²) >= 11 is 2.70. The van der Waals surface area contributed by atoms with Gasteiger partial charge in [0.1, 0.15) is 22.4 Å². The number of hydrogen-bond donors (Lipinski definition) is 0. The summed E-state index contributed by atoms with van der Waals surface area (Å²) in [5, 5.41) is -0.0176. The SMILES string of the molecule is C=CCSC1=NC(=Cc2ccc(OCc3ccccc3)cc2)C(=O)S1. The number of thioether (sulfide) groups is 2. The third-order valence-electron chi connectivity index (χ3n) is 3.36. The van der Waals surface area contributed by atoms with Crippen LogP contribution in [0.5, 0.6) is 5.75 Å². The predicted molar refractivity (Wildman–Crippen MR) is 108 cm³/mol. The standard InChI is InChI=1S/C20H17NO2S2/c1-2-12-24-20-21-18(19(22)25-20)13-15-8-10-17(11-9-15)23-14-16-6-4-3-5-7-16/h2-11,13H,1,12,14H2. The highest BCUT2D eigenvalue weighted by Gasteiger charge is 2.21. The number of aliphatic imine (C=N–C) groups is 1. The van der Waals surface area contributed by atoms with Crippen molar-refractivity contribution in [2.75, 3.05) is 5.75 Å². The summed E-state index contributed by atoms with van der Waals surface area (Å²) in [5.74, 6) is 1.55. The van der Waals surface area contributed by atoms with E-state index in [1.165, 1.54) is 23.5 Å². The molecule has 0 radical (unpaired) electrons. The van der Waals surface area contributed by atoms with E-state index in [1.807, 2.05) is 54.6 Å². The van der Waals surface area contributed by atoms with E-state index >= 15 is 0 Å². The Morgan fingerprint density at radius 3 is 2.60 bits per heavy atom. The van der Waals surface area contributed by atoms with Crippen LogP contribution in [0.15, 0.2) is 77.9 Å². The molecule has 0 unspecified atom stereocenters. The molecule has 2 aromatic rings.